The number of nitrogens with one attached hydrogen (secondary N) is 1. The molecule has 1 aliphatic heterocycles. The van der Waals surface area contributed by atoms with E-state index < -0.39 is 0 Å². The van der Waals surface area contributed by atoms with Crippen molar-refractivity contribution in [2.45, 2.75) is 26.8 Å². The van der Waals surface area contributed by atoms with Gasteiger partial charge in [-0.2, -0.15) is 0 Å². The third-order valence-corrected chi connectivity index (χ3v) is 4.58. The average Bonchev–Trinajstić information content (AvgIpc) is 3.11. The van der Waals surface area contributed by atoms with Crippen molar-refractivity contribution >= 4 is 5.96 Å². The standard InChI is InChI=1S/C20H33N3O3/c1-5-21-20(22-13-17-6-7-19(25-4)16(2)12-17)23-9-8-18(14-23)15-26-11-10-24-3/h6-7,12,18H,5,8-11,13-15H2,1-4H3,(H,21,22). The van der Waals surface area contributed by atoms with Gasteiger partial charge in [-0.1, -0.05) is 12.1 Å². The van der Waals surface area contributed by atoms with Gasteiger partial charge >= 0.3 is 0 Å². The van der Waals surface area contributed by atoms with Crippen LogP contribution in [0.1, 0.15) is 24.5 Å². The summed E-state index contributed by atoms with van der Waals surface area (Å²) in [5, 5.41) is 3.42. The molecule has 1 aromatic carbocycles. The van der Waals surface area contributed by atoms with E-state index in [0.29, 0.717) is 25.7 Å². The fourth-order valence-electron chi connectivity index (χ4n) is 3.18. The number of rotatable bonds is 9. The summed E-state index contributed by atoms with van der Waals surface area (Å²) in [6.07, 6.45) is 1.14. The maximum absolute atomic E-state index is 5.69. The van der Waals surface area contributed by atoms with Gasteiger partial charge in [0.15, 0.2) is 5.96 Å². The van der Waals surface area contributed by atoms with Gasteiger partial charge in [-0.15, -0.1) is 0 Å². The van der Waals surface area contributed by atoms with E-state index in [1.54, 1.807) is 14.2 Å². The zero-order valence-electron chi connectivity index (χ0n) is 16.6. The van der Waals surface area contributed by atoms with Crippen molar-refractivity contribution < 1.29 is 14.2 Å². The van der Waals surface area contributed by atoms with E-state index in [0.717, 1.165) is 49.9 Å². The summed E-state index contributed by atoms with van der Waals surface area (Å²) in [6, 6.07) is 6.23. The van der Waals surface area contributed by atoms with Gasteiger partial charge in [-0.3, -0.25) is 0 Å². The molecule has 0 amide bonds. The molecule has 1 atom stereocenters. The number of hydrogen-bond acceptors (Lipinski definition) is 4. The molecule has 2 rings (SSSR count). The lowest BCUT2D eigenvalue weighted by atomic mass is 10.1. The molecule has 1 aliphatic rings. The normalized spacial score (nSPS) is 17.6. The second-order valence-electron chi connectivity index (χ2n) is 6.64. The van der Waals surface area contributed by atoms with Crippen LogP contribution in [-0.2, 0) is 16.0 Å². The first-order valence-corrected chi connectivity index (χ1v) is 9.41. The van der Waals surface area contributed by atoms with Crippen LogP contribution in [0.4, 0.5) is 0 Å². The van der Waals surface area contributed by atoms with E-state index in [2.05, 4.69) is 36.2 Å². The molecular weight excluding hydrogens is 330 g/mol. The number of guanidine groups is 1. The van der Waals surface area contributed by atoms with Crippen LogP contribution in [0, 0.1) is 12.8 Å². The number of hydrogen-bond donors (Lipinski definition) is 1. The Labute approximate surface area is 157 Å². The number of methoxy groups -OCH3 is 2. The summed E-state index contributed by atoms with van der Waals surface area (Å²) in [6.45, 7) is 9.81. The Morgan fingerprint density at radius 1 is 1.31 bits per heavy atom. The van der Waals surface area contributed by atoms with Crippen LogP contribution in [0.2, 0.25) is 0 Å². The summed E-state index contributed by atoms with van der Waals surface area (Å²) < 4.78 is 16.0. The molecule has 0 aliphatic carbocycles. The number of aryl methyl sites for hydroxylation is 1. The third kappa shape index (κ3) is 6.18. The van der Waals surface area contributed by atoms with Crippen LogP contribution >= 0.6 is 0 Å². The highest BCUT2D eigenvalue weighted by Crippen LogP contribution is 2.20. The molecule has 1 heterocycles. The van der Waals surface area contributed by atoms with Gasteiger partial charge in [0.1, 0.15) is 5.75 Å². The van der Waals surface area contributed by atoms with Crippen molar-refractivity contribution in [1.29, 1.82) is 0 Å². The highest BCUT2D eigenvalue weighted by Gasteiger charge is 2.24. The second kappa shape index (κ2) is 11.0. The minimum Gasteiger partial charge on any atom is -0.496 e. The topological polar surface area (TPSA) is 55.3 Å². The molecule has 146 valence electrons. The zero-order chi connectivity index (χ0) is 18.8. The molecule has 0 spiro atoms. The molecule has 6 heteroatoms. The van der Waals surface area contributed by atoms with Crippen molar-refractivity contribution in [3.63, 3.8) is 0 Å². The number of nitrogens with zero attached hydrogens (tertiary/aromatic N) is 2. The Morgan fingerprint density at radius 3 is 2.85 bits per heavy atom. The lowest BCUT2D eigenvalue weighted by molar-refractivity contribution is 0.0536. The maximum atomic E-state index is 5.69. The zero-order valence-corrected chi connectivity index (χ0v) is 16.6. The highest BCUT2D eigenvalue weighted by atomic mass is 16.5. The fourth-order valence-corrected chi connectivity index (χ4v) is 3.18. The van der Waals surface area contributed by atoms with Crippen LogP contribution < -0.4 is 10.1 Å². The van der Waals surface area contributed by atoms with Gasteiger partial charge in [0.25, 0.3) is 0 Å². The van der Waals surface area contributed by atoms with Crippen molar-refractivity contribution in [3.8, 4) is 5.75 Å². The van der Waals surface area contributed by atoms with E-state index >= 15 is 0 Å². The first-order chi connectivity index (χ1) is 12.7. The Morgan fingerprint density at radius 2 is 2.15 bits per heavy atom. The molecule has 26 heavy (non-hydrogen) atoms. The smallest absolute Gasteiger partial charge is 0.194 e. The average molecular weight is 364 g/mol. The molecule has 0 aromatic heterocycles. The van der Waals surface area contributed by atoms with Crippen molar-refractivity contribution in [2.75, 3.05) is 53.7 Å². The Bertz CT molecular complexity index is 577. The number of likely N-dealkylation sites (tertiary alicyclic amines) is 1. The van der Waals surface area contributed by atoms with Crippen molar-refractivity contribution in [3.05, 3.63) is 29.3 Å². The first kappa shape index (κ1) is 20.5. The summed E-state index contributed by atoms with van der Waals surface area (Å²) in [5.74, 6) is 2.46. The van der Waals surface area contributed by atoms with Gasteiger partial charge in [0.05, 0.1) is 33.5 Å². The van der Waals surface area contributed by atoms with Crippen LogP contribution in [-0.4, -0.2) is 64.5 Å². The van der Waals surface area contributed by atoms with Crippen LogP contribution in [0.5, 0.6) is 5.75 Å². The molecule has 1 aromatic rings. The Balaban J connectivity index is 1.91. The highest BCUT2D eigenvalue weighted by molar-refractivity contribution is 5.80. The van der Waals surface area contributed by atoms with E-state index in [1.807, 2.05) is 6.07 Å². The molecule has 1 N–H and O–H groups in total. The lowest BCUT2D eigenvalue weighted by Gasteiger charge is -2.21. The van der Waals surface area contributed by atoms with Crippen LogP contribution in [0.25, 0.3) is 0 Å². The molecule has 0 bridgehead atoms. The molecular formula is C20H33N3O3. The van der Waals surface area contributed by atoms with E-state index in [4.69, 9.17) is 19.2 Å². The van der Waals surface area contributed by atoms with Gasteiger partial charge in [-0.25, -0.2) is 4.99 Å². The molecule has 0 saturated carbocycles. The SMILES string of the molecule is CCNC(=NCc1ccc(OC)c(C)c1)N1CCC(COCCOC)C1. The van der Waals surface area contributed by atoms with Crippen molar-refractivity contribution in [2.24, 2.45) is 10.9 Å². The predicted molar refractivity (Wildman–Crippen MR) is 105 cm³/mol. The molecule has 1 saturated heterocycles. The maximum Gasteiger partial charge on any atom is 0.194 e. The summed E-state index contributed by atoms with van der Waals surface area (Å²) in [7, 11) is 3.40. The quantitative estimate of drug-likeness (QED) is 0.415. The fraction of sp³-hybridized carbons (Fsp3) is 0.650. The second-order valence-corrected chi connectivity index (χ2v) is 6.64. The summed E-state index contributed by atoms with van der Waals surface area (Å²) in [4.78, 5) is 7.17. The minimum atomic E-state index is 0.555. The van der Waals surface area contributed by atoms with Crippen LogP contribution in [0.15, 0.2) is 23.2 Å². The molecule has 6 nitrogen and oxygen atoms in total. The van der Waals surface area contributed by atoms with Gasteiger partial charge < -0.3 is 24.4 Å². The number of benzene rings is 1. The first-order valence-electron chi connectivity index (χ1n) is 9.41. The molecule has 1 fully saturated rings. The monoisotopic (exact) mass is 363 g/mol. The van der Waals surface area contributed by atoms with Gasteiger partial charge in [-0.05, 0) is 37.5 Å². The number of ether oxygens (including phenoxy) is 3. The van der Waals surface area contributed by atoms with Crippen LogP contribution in [0.3, 0.4) is 0 Å². The van der Waals surface area contributed by atoms with Crippen molar-refractivity contribution in [1.82, 2.24) is 10.2 Å². The summed E-state index contributed by atoms with van der Waals surface area (Å²) in [5.41, 5.74) is 2.33. The number of aliphatic imine (C=N–C) groups is 1. The minimum absolute atomic E-state index is 0.555. The molecule has 0 radical (unpaired) electrons. The van der Waals surface area contributed by atoms with E-state index in [-0.39, 0.29) is 0 Å². The summed E-state index contributed by atoms with van der Waals surface area (Å²) >= 11 is 0. The van der Waals surface area contributed by atoms with E-state index in [9.17, 15) is 0 Å². The largest absolute Gasteiger partial charge is 0.496 e. The Kier molecular flexibility index (Phi) is 8.71. The lowest BCUT2D eigenvalue weighted by Crippen LogP contribution is -2.40. The Hall–Kier alpha value is -1.79. The molecule has 1 unspecified atom stereocenters. The van der Waals surface area contributed by atoms with E-state index in [1.165, 1.54) is 5.56 Å². The predicted octanol–water partition coefficient (Wildman–Crippen LogP) is 2.45. The van der Waals surface area contributed by atoms with Gasteiger partial charge in [0, 0.05) is 32.7 Å². The van der Waals surface area contributed by atoms with Gasteiger partial charge in [0.2, 0.25) is 0 Å². The third-order valence-electron chi connectivity index (χ3n) is 4.58.